The fourth-order valence-electron chi connectivity index (χ4n) is 2.50. The molecule has 0 aliphatic carbocycles. The van der Waals surface area contributed by atoms with Gasteiger partial charge in [-0.2, -0.15) is 0 Å². The number of aromatic nitrogens is 2. The van der Waals surface area contributed by atoms with Crippen LogP contribution in [0.25, 0.3) is 11.1 Å². The number of hydrogen-bond acceptors (Lipinski definition) is 6. The Hall–Kier alpha value is -2.68. The molecule has 0 aliphatic heterocycles. The fourth-order valence-corrected chi connectivity index (χ4v) is 3.74. The molecule has 1 heterocycles. The van der Waals surface area contributed by atoms with Crippen LogP contribution in [0, 0.1) is 5.82 Å². The van der Waals surface area contributed by atoms with Gasteiger partial charge in [-0.15, -0.1) is 10.2 Å². The molecule has 3 aromatic rings. The van der Waals surface area contributed by atoms with Crippen LogP contribution in [-0.4, -0.2) is 30.3 Å². The van der Waals surface area contributed by atoms with E-state index in [2.05, 4.69) is 15.5 Å². The van der Waals surface area contributed by atoms with E-state index in [-0.39, 0.29) is 22.4 Å². The van der Waals surface area contributed by atoms with E-state index in [1.54, 1.807) is 30.3 Å². The molecule has 0 radical (unpaired) electrons. The fraction of sp³-hybridized carbons (Fsp3) is 0.150. The van der Waals surface area contributed by atoms with Gasteiger partial charge < -0.3 is 14.8 Å². The van der Waals surface area contributed by atoms with E-state index >= 15 is 0 Å². The van der Waals surface area contributed by atoms with E-state index in [0.29, 0.717) is 27.1 Å². The molecule has 0 saturated heterocycles. The highest BCUT2D eigenvalue weighted by molar-refractivity contribution is 7.15. The van der Waals surface area contributed by atoms with Crippen molar-refractivity contribution in [2.75, 3.05) is 14.2 Å². The average molecular weight is 468 g/mol. The lowest BCUT2D eigenvalue weighted by Gasteiger charge is -2.10. The van der Waals surface area contributed by atoms with Gasteiger partial charge in [0.15, 0.2) is 16.5 Å². The van der Waals surface area contributed by atoms with E-state index in [1.165, 1.54) is 26.4 Å². The van der Waals surface area contributed by atoms with Crippen molar-refractivity contribution < 1.29 is 18.7 Å². The largest absolute Gasteiger partial charge is 0.493 e. The monoisotopic (exact) mass is 467 g/mol. The summed E-state index contributed by atoms with van der Waals surface area (Å²) in [7, 11) is 3.00. The number of methoxy groups -OCH3 is 2. The zero-order valence-corrected chi connectivity index (χ0v) is 18.2. The maximum atomic E-state index is 12.9. The zero-order chi connectivity index (χ0) is 21.7. The molecule has 0 spiro atoms. The molecule has 0 fully saturated rings. The van der Waals surface area contributed by atoms with Gasteiger partial charge in [0.05, 0.1) is 24.3 Å². The maximum absolute atomic E-state index is 12.9. The third-order valence-corrected chi connectivity index (χ3v) is 5.58. The summed E-state index contributed by atoms with van der Waals surface area (Å²) in [5.41, 5.74) is 1.43. The molecular weight excluding hydrogens is 452 g/mol. The van der Waals surface area contributed by atoms with Gasteiger partial charge in [0.2, 0.25) is 5.01 Å². The topological polar surface area (TPSA) is 73.3 Å². The lowest BCUT2D eigenvalue weighted by Crippen LogP contribution is -2.22. The minimum atomic E-state index is -0.401. The van der Waals surface area contributed by atoms with Crippen LogP contribution >= 0.6 is 34.5 Å². The molecule has 30 heavy (non-hydrogen) atoms. The normalized spacial score (nSPS) is 11.3. The molecule has 0 aliphatic rings. The number of carbonyl (C=O) groups is 1. The van der Waals surface area contributed by atoms with Crippen molar-refractivity contribution in [3.8, 4) is 11.5 Å². The summed E-state index contributed by atoms with van der Waals surface area (Å²) < 4.78 is 23.4. The van der Waals surface area contributed by atoms with Gasteiger partial charge in [0.25, 0.3) is 5.91 Å². The van der Waals surface area contributed by atoms with Crippen molar-refractivity contribution in [3.05, 3.63) is 68.4 Å². The van der Waals surface area contributed by atoms with E-state index in [4.69, 9.17) is 32.7 Å². The first-order valence-electron chi connectivity index (χ1n) is 8.56. The summed E-state index contributed by atoms with van der Waals surface area (Å²) in [5.74, 6) is 0.139. The first kappa shape index (κ1) is 22.0. The number of hydrogen-bond donors (Lipinski definition) is 1. The van der Waals surface area contributed by atoms with Gasteiger partial charge in [0, 0.05) is 6.54 Å². The Morgan fingerprint density at radius 1 is 1.17 bits per heavy atom. The van der Waals surface area contributed by atoms with E-state index in [9.17, 15) is 9.18 Å². The third kappa shape index (κ3) is 5.27. The molecule has 0 saturated carbocycles. The molecular formula is C20H16Cl2FN3O3S. The van der Waals surface area contributed by atoms with Crippen LogP contribution in [0.3, 0.4) is 0 Å². The highest BCUT2D eigenvalue weighted by atomic mass is 35.5. The minimum absolute atomic E-state index is 0.156. The quantitative estimate of drug-likeness (QED) is 0.528. The van der Waals surface area contributed by atoms with Crippen LogP contribution in [-0.2, 0) is 6.54 Å². The Morgan fingerprint density at radius 2 is 1.87 bits per heavy atom. The van der Waals surface area contributed by atoms with E-state index in [1.807, 2.05) is 0 Å². The number of halogens is 3. The highest BCUT2D eigenvalue weighted by Gasteiger charge is 2.15. The van der Waals surface area contributed by atoms with Crippen LogP contribution in [0.5, 0.6) is 11.5 Å². The Labute approximate surface area is 186 Å². The van der Waals surface area contributed by atoms with Crippen molar-refractivity contribution in [2.45, 2.75) is 6.54 Å². The van der Waals surface area contributed by atoms with Crippen molar-refractivity contribution in [1.82, 2.24) is 15.5 Å². The molecule has 10 heteroatoms. The van der Waals surface area contributed by atoms with Crippen molar-refractivity contribution in [2.24, 2.45) is 0 Å². The lowest BCUT2D eigenvalue weighted by atomic mass is 10.2. The van der Waals surface area contributed by atoms with Crippen LogP contribution in [0.2, 0.25) is 5.02 Å². The standard InChI is InChI=1S/C20H16Cl2FN3O3S/c1-28-16-9-12(7-14(21)17(16)29-2)8-15(22)19-25-26-20(30-19)18(27)24-10-11-3-5-13(23)6-4-11/h3-9H,10H2,1-2H3,(H,24,27)/b15-8-. The van der Waals surface area contributed by atoms with Crippen LogP contribution in [0.1, 0.15) is 25.9 Å². The van der Waals surface area contributed by atoms with Crippen molar-refractivity contribution in [3.63, 3.8) is 0 Å². The molecule has 2 aromatic carbocycles. The molecule has 1 N–H and O–H groups in total. The molecule has 6 nitrogen and oxygen atoms in total. The first-order chi connectivity index (χ1) is 14.4. The summed E-state index contributed by atoms with van der Waals surface area (Å²) in [6, 6.07) is 9.22. The summed E-state index contributed by atoms with van der Waals surface area (Å²) in [4.78, 5) is 12.3. The lowest BCUT2D eigenvalue weighted by molar-refractivity contribution is 0.0950. The van der Waals surface area contributed by atoms with Crippen molar-refractivity contribution in [1.29, 1.82) is 0 Å². The molecule has 0 unspecified atom stereocenters. The molecule has 3 rings (SSSR count). The van der Waals surface area contributed by atoms with E-state index in [0.717, 1.165) is 16.9 Å². The first-order valence-corrected chi connectivity index (χ1v) is 10.1. The molecule has 0 bridgehead atoms. The molecule has 156 valence electrons. The summed E-state index contributed by atoms with van der Waals surface area (Å²) in [6.45, 7) is 0.238. The maximum Gasteiger partial charge on any atom is 0.282 e. The highest BCUT2D eigenvalue weighted by Crippen LogP contribution is 2.37. The Balaban J connectivity index is 1.72. The Kier molecular flexibility index (Phi) is 7.25. The number of rotatable bonds is 7. The number of ether oxygens (including phenoxy) is 2. The third-order valence-electron chi connectivity index (χ3n) is 3.94. The van der Waals surface area contributed by atoms with Crippen molar-refractivity contribution >= 4 is 51.6 Å². The van der Waals surface area contributed by atoms with Gasteiger partial charge >= 0.3 is 0 Å². The second-order valence-electron chi connectivity index (χ2n) is 5.95. The van der Waals surface area contributed by atoms with Gasteiger partial charge in [-0.25, -0.2) is 4.39 Å². The average Bonchev–Trinajstić information content (AvgIpc) is 3.23. The second kappa shape index (κ2) is 9.88. The number of nitrogens with one attached hydrogen (secondary N) is 1. The Morgan fingerprint density at radius 3 is 2.53 bits per heavy atom. The number of benzene rings is 2. The minimum Gasteiger partial charge on any atom is -0.493 e. The molecule has 1 amide bonds. The van der Waals surface area contributed by atoms with Gasteiger partial charge in [-0.1, -0.05) is 46.7 Å². The summed E-state index contributed by atoms with van der Waals surface area (Å²) >= 11 is 13.6. The SMILES string of the molecule is COc1cc(/C=C(\Cl)c2nnc(C(=O)NCc3ccc(F)cc3)s2)cc(Cl)c1OC. The number of amides is 1. The molecule has 0 atom stereocenters. The van der Waals surface area contributed by atoms with Gasteiger partial charge in [0.1, 0.15) is 5.82 Å². The predicted molar refractivity (Wildman–Crippen MR) is 116 cm³/mol. The zero-order valence-electron chi connectivity index (χ0n) is 15.9. The van der Waals surface area contributed by atoms with Crippen LogP contribution in [0.4, 0.5) is 4.39 Å². The summed E-state index contributed by atoms with van der Waals surface area (Å²) in [6.07, 6.45) is 1.64. The van der Waals surface area contributed by atoms with Crippen LogP contribution < -0.4 is 14.8 Å². The van der Waals surface area contributed by atoms with E-state index < -0.39 is 5.91 Å². The smallest absolute Gasteiger partial charge is 0.282 e. The predicted octanol–water partition coefficient (Wildman–Crippen LogP) is 5.01. The van der Waals surface area contributed by atoms with Gasteiger partial charge in [-0.05, 0) is 41.5 Å². The number of carbonyl (C=O) groups excluding carboxylic acids is 1. The number of nitrogens with zero attached hydrogens (tertiary/aromatic N) is 2. The Bertz CT molecular complexity index is 1090. The summed E-state index contributed by atoms with van der Waals surface area (Å²) in [5, 5.41) is 11.7. The second-order valence-corrected chi connectivity index (χ2v) is 7.74. The molecule has 1 aromatic heterocycles. The van der Waals surface area contributed by atoms with Gasteiger partial charge in [-0.3, -0.25) is 4.79 Å². The van der Waals surface area contributed by atoms with Crippen LogP contribution in [0.15, 0.2) is 36.4 Å².